The molecule has 0 unspecified atom stereocenters. The Morgan fingerprint density at radius 1 is 1.04 bits per heavy atom. The number of carbonyl (C=O) groups excluding carboxylic acids is 1. The molecule has 0 atom stereocenters. The zero-order valence-electron chi connectivity index (χ0n) is 14.5. The number of allylic oxidation sites excluding steroid dienone is 1. The molecule has 2 aromatic rings. The zero-order valence-corrected chi connectivity index (χ0v) is 15.3. The van der Waals surface area contributed by atoms with E-state index in [-0.39, 0.29) is 21.8 Å². The number of aliphatic hydroxyl groups excluding tert-OH is 1. The van der Waals surface area contributed by atoms with E-state index < -0.39 is 33.4 Å². The van der Waals surface area contributed by atoms with Gasteiger partial charge < -0.3 is 15.5 Å². The highest BCUT2D eigenvalue weighted by molar-refractivity contribution is 7.89. The number of nitrogens with two attached hydrogens (primary N) is 1. The first kappa shape index (κ1) is 20.7. The summed E-state index contributed by atoms with van der Waals surface area (Å²) in [7, 11) is -3.87. The summed E-state index contributed by atoms with van der Waals surface area (Å²) in [6.45, 7) is 1.21. The van der Waals surface area contributed by atoms with Crippen LogP contribution in [0.4, 0.5) is 11.4 Å². The first-order chi connectivity index (χ1) is 13.1. The largest absolute Gasteiger partial charge is 0.510 e. The topological polar surface area (TPSA) is 172 Å². The molecule has 146 valence electrons. The number of aliphatic hydroxyl groups is 1. The van der Waals surface area contributed by atoms with Crippen LogP contribution in [-0.4, -0.2) is 30.5 Å². The van der Waals surface area contributed by atoms with E-state index in [1.807, 2.05) is 0 Å². The predicted molar refractivity (Wildman–Crippen MR) is 99.7 cm³/mol. The van der Waals surface area contributed by atoms with Gasteiger partial charge in [-0.05, 0) is 43.3 Å². The van der Waals surface area contributed by atoms with Crippen molar-refractivity contribution in [2.24, 2.45) is 15.4 Å². The third-order valence-corrected chi connectivity index (χ3v) is 4.32. The normalized spacial score (nSPS) is 12.5. The smallest absolute Gasteiger partial charge is 0.337 e. The molecule has 11 heteroatoms. The zero-order chi connectivity index (χ0) is 20.9. The lowest BCUT2D eigenvalue weighted by molar-refractivity contribution is -0.113. The Morgan fingerprint density at radius 2 is 1.64 bits per heavy atom. The fourth-order valence-electron chi connectivity index (χ4n) is 2.05. The van der Waals surface area contributed by atoms with Crippen molar-refractivity contribution in [1.29, 1.82) is 0 Å². The highest BCUT2D eigenvalue weighted by Crippen LogP contribution is 2.21. The number of azo groups is 1. The van der Waals surface area contributed by atoms with Crippen molar-refractivity contribution >= 4 is 33.3 Å². The summed E-state index contributed by atoms with van der Waals surface area (Å²) in [5, 5.41) is 33.6. The van der Waals surface area contributed by atoms with Gasteiger partial charge in [-0.15, -0.1) is 10.2 Å². The molecular formula is C17H16N4O6S. The number of carboxylic acid groups (broad SMARTS) is 1. The molecule has 0 bridgehead atoms. The summed E-state index contributed by atoms with van der Waals surface area (Å²) < 4.78 is 22.5. The van der Waals surface area contributed by atoms with Crippen molar-refractivity contribution in [3.63, 3.8) is 0 Å². The van der Waals surface area contributed by atoms with E-state index in [1.54, 1.807) is 6.07 Å². The van der Waals surface area contributed by atoms with Gasteiger partial charge in [0.2, 0.25) is 10.0 Å². The van der Waals surface area contributed by atoms with Crippen LogP contribution in [-0.2, 0) is 14.8 Å². The second-order valence-corrected chi connectivity index (χ2v) is 7.04. The minimum absolute atomic E-state index is 0.000875. The highest BCUT2D eigenvalue weighted by atomic mass is 32.2. The van der Waals surface area contributed by atoms with Crippen LogP contribution in [0.15, 0.2) is 75.1 Å². The quantitative estimate of drug-likeness (QED) is 0.327. The number of primary sulfonamides is 1. The lowest BCUT2D eigenvalue weighted by atomic mass is 10.2. The second kappa shape index (κ2) is 8.41. The molecule has 5 N–H and O–H groups in total. The molecule has 2 aromatic carbocycles. The molecule has 0 radical (unpaired) electrons. The summed E-state index contributed by atoms with van der Waals surface area (Å²) in [5.74, 6) is -2.50. The highest BCUT2D eigenvalue weighted by Gasteiger charge is 2.15. The number of carboxylic acids is 1. The molecule has 0 aliphatic carbocycles. The van der Waals surface area contributed by atoms with Crippen LogP contribution < -0.4 is 10.5 Å². The van der Waals surface area contributed by atoms with Crippen LogP contribution in [0.25, 0.3) is 0 Å². The van der Waals surface area contributed by atoms with Gasteiger partial charge in [0.15, 0.2) is 5.70 Å². The molecule has 28 heavy (non-hydrogen) atoms. The van der Waals surface area contributed by atoms with Crippen molar-refractivity contribution in [3.8, 4) is 0 Å². The number of nitrogens with zero attached hydrogens (tertiary/aromatic N) is 2. The SMILES string of the molecule is C/C(O)=C(/N=Nc1ccccc1C(=O)O)C(=O)Nc1ccc(S(N)(=O)=O)cc1. The molecule has 0 aliphatic rings. The monoisotopic (exact) mass is 404 g/mol. The number of sulfonamides is 1. The Morgan fingerprint density at radius 3 is 2.18 bits per heavy atom. The molecule has 0 saturated carbocycles. The molecule has 0 aromatic heterocycles. The number of aromatic carboxylic acids is 1. The Kier molecular flexibility index (Phi) is 6.23. The van der Waals surface area contributed by atoms with Crippen molar-refractivity contribution in [1.82, 2.24) is 0 Å². The van der Waals surface area contributed by atoms with Gasteiger partial charge in [-0.1, -0.05) is 12.1 Å². The number of amides is 1. The third kappa shape index (κ3) is 5.22. The maximum absolute atomic E-state index is 12.3. The van der Waals surface area contributed by atoms with Crippen LogP contribution in [0, 0.1) is 0 Å². The maximum atomic E-state index is 12.3. The standard InChI is InChI=1S/C17H16N4O6S/c1-10(22)15(21-20-14-5-3-2-4-13(14)17(24)25)16(23)19-11-6-8-12(9-7-11)28(18,26)27/h2-9,22H,1H3,(H,19,23)(H,24,25)(H2,18,26,27)/b15-10-,21-20?. The van der Waals surface area contributed by atoms with Gasteiger partial charge in [-0.2, -0.15) is 0 Å². The van der Waals surface area contributed by atoms with E-state index in [2.05, 4.69) is 15.5 Å². The van der Waals surface area contributed by atoms with Gasteiger partial charge >= 0.3 is 5.97 Å². The summed E-state index contributed by atoms with van der Waals surface area (Å²) in [6, 6.07) is 10.8. The van der Waals surface area contributed by atoms with Gasteiger partial charge in [0, 0.05) is 5.69 Å². The van der Waals surface area contributed by atoms with Gasteiger partial charge in [0.1, 0.15) is 11.4 Å². The molecule has 0 saturated heterocycles. The molecule has 0 aliphatic heterocycles. The number of hydrogen-bond donors (Lipinski definition) is 4. The molecule has 0 fully saturated rings. The fourth-order valence-corrected chi connectivity index (χ4v) is 2.56. The number of nitrogens with one attached hydrogen (secondary N) is 1. The Bertz CT molecular complexity index is 1070. The van der Waals surface area contributed by atoms with E-state index in [9.17, 15) is 23.1 Å². The number of rotatable bonds is 6. The van der Waals surface area contributed by atoms with E-state index in [0.29, 0.717) is 0 Å². The lowest BCUT2D eigenvalue weighted by Crippen LogP contribution is -2.15. The van der Waals surface area contributed by atoms with Crippen molar-refractivity contribution in [3.05, 3.63) is 65.6 Å². The number of benzene rings is 2. The van der Waals surface area contributed by atoms with Crippen molar-refractivity contribution in [2.75, 3.05) is 5.32 Å². The van der Waals surface area contributed by atoms with Gasteiger partial charge in [0.05, 0.1) is 10.5 Å². The van der Waals surface area contributed by atoms with E-state index >= 15 is 0 Å². The average molecular weight is 404 g/mol. The Balaban J connectivity index is 2.24. The van der Waals surface area contributed by atoms with Crippen LogP contribution in [0.3, 0.4) is 0 Å². The van der Waals surface area contributed by atoms with E-state index in [0.717, 1.165) is 0 Å². The predicted octanol–water partition coefficient (Wildman–Crippen LogP) is 2.54. The first-order valence-corrected chi connectivity index (χ1v) is 9.22. The molecule has 1 amide bonds. The van der Waals surface area contributed by atoms with Crippen molar-refractivity contribution in [2.45, 2.75) is 11.8 Å². The average Bonchev–Trinajstić information content (AvgIpc) is 2.61. The van der Waals surface area contributed by atoms with Crippen LogP contribution in [0.2, 0.25) is 0 Å². The molecular weight excluding hydrogens is 388 g/mol. The number of hydrogen-bond acceptors (Lipinski definition) is 7. The fraction of sp³-hybridized carbons (Fsp3) is 0.0588. The molecule has 10 nitrogen and oxygen atoms in total. The van der Waals surface area contributed by atoms with E-state index in [4.69, 9.17) is 10.2 Å². The third-order valence-electron chi connectivity index (χ3n) is 3.39. The van der Waals surface area contributed by atoms with Gasteiger partial charge in [-0.25, -0.2) is 18.4 Å². The minimum Gasteiger partial charge on any atom is -0.510 e. The number of anilines is 1. The van der Waals surface area contributed by atoms with Gasteiger partial charge in [0.25, 0.3) is 5.91 Å². The summed E-state index contributed by atoms with van der Waals surface area (Å²) in [4.78, 5) is 23.4. The summed E-state index contributed by atoms with van der Waals surface area (Å²) in [6.07, 6.45) is 0. The number of carbonyl (C=O) groups is 2. The van der Waals surface area contributed by atoms with Crippen LogP contribution >= 0.6 is 0 Å². The van der Waals surface area contributed by atoms with Crippen molar-refractivity contribution < 1.29 is 28.2 Å². The molecule has 0 heterocycles. The van der Waals surface area contributed by atoms with E-state index in [1.165, 1.54) is 49.4 Å². The molecule has 0 spiro atoms. The Labute approximate surface area is 160 Å². The minimum atomic E-state index is -3.87. The summed E-state index contributed by atoms with van der Waals surface area (Å²) >= 11 is 0. The first-order valence-electron chi connectivity index (χ1n) is 7.67. The van der Waals surface area contributed by atoms with Crippen LogP contribution in [0.5, 0.6) is 0 Å². The maximum Gasteiger partial charge on any atom is 0.337 e. The summed E-state index contributed by atoms with van der Waals surface area (Å²) in [5.41, 5.74) is -0.354. The molecule has 2 rings (SSSR count). The second-order valence-electron chi connectivity index (χ2n) is 5.48. The lowest BCUT2D eigenvalue weighted by Gasteiger charge is -2.07. The van der Waals surface area contributed by atoms with Gasteiger partial charge in [-0.3, -0.25) is 4.79 Å². The van der Waals surface area contributed by atoms with Crippen LogP contribution in [0.1, 0.15) is 17.3 Å². The Hall–Kier alpha value is -3.57.